The molecule has 6 nitrogen and oxygen atoms in total. The van der Waals surface area contributed by atoms with Crippen LogP contribution in [0.15, 0.2) is 6.20 Å². The van der Waals surface area contributed by atoms with Crippen molar-refractivity contribution in [3.05, 3.63) is 11.9 Å². The minimum atomic E-state index is 0.0370. The van der Waals surface area contributed by atoms with Crippen molar-refractivity contribution in [1.29, 1.82) is 0 Å². The molecule has 0 saturated carbocycles. The van der Waals surface area contributed by atoms with Crippen LogP contribution in [0.5, 0.6) is 0 Å². The van der Waals surface area contributed by atoms with Crippen LogP contribution in [0.4, 0.5) is 5.95 Å². The molecule has 2 heterocycles. The van der Waals surface area contributed by atoms with Gasteiger partial charge in [-0.15, -0.1) is 0 Å². The molecule has 1 N–H and O–H groups in total. The van der Waals surface area contributed by atoms with Gasteiger partial charge in [-0.05, 0) is 40.4 Å². The second-order valence-electron chi connectivity index (χ2n) is 5.47. The first-order valence-corrected chi connectivity index (χ1v) is 7.37. The zero-order chi connectivity index (χ0) is 14.5. The van der Waals surface area contributed by atoms with Crippen LogP contribution in [0.25, 0.3) is 0 Å². The average molecular weight is 279 g/mol. The highest BCUT2D eigenvalue weighted by Crippen LogP contribution is 2.15. The Labute approximate surface area is 120 Å². The van der Waals surface area contributed by atoms with Crippen molar-refractivity contribution in [1.82, 2.24) is 19.4 Å². The highest BCUT2D eigenvalue weighted by atomic mass is 16.2. The van der Waals surface area contributed by atoms with Crippen molar-refractivity contribution in [3.63, 3.8) is 0 Å². The minimum Gasteiger partial charge on any atom is -0.356 e. The SMILES string of the molecule is CCN(CCCN(C)C)C(=O)c1cn2c(n1)NCCC2. The number of carbonyl (C=O) groups is 1. The number of carbonyl (C=O) groups excluding carboxylic acids is 1. The van der Waals surface area contributed by atoms with Gasteiger partial charge in [0, 0.05) is 32.4 Å². The zero-order valence-electron chi connectivity index (χ0n) is 12.7. The smallest absolute Gasteiger partial charge is 0.274 e. The molecule has 6 heteroatoms. The largest absolute Gasteiger partial charge is 0.356 e. The van der Waals surface area contributed by atoms with Crippen LogP contribution in [0.3, 0.4) is 0 Å². The number of imidazole rings is 1. The molecule has 0 atom stereocenters. The Balaban J connectivity index is 1.98. The van der Waals surface area contributed by atoms with E-state index < -0.39 is 0 Å². The maximum absolute atomic E-state index is 12.5. The van der Waals surface area contributed by atoms with Gasteiger partial charge in [-0.1, -0.05) is 0 Å². The van der Waals surface area contributed by atoms with E-state index in [1.807, 2.05) is 36.7 Å². The number of rotatable bonds is 6. The standard InChI is InChI=1S/C14H25N5O/c1-4-18(10-6-8-17(2)3)13(20)12-11-19-9-5-7-15-14(19)16-12/h11H,4-10H2,1-3H3,(H,15,16). The first-order valence-electron chi connectivity index (χ1n) is 7.37. The molecule has 0 saturated heterocycles. The van der Waals surface area contributed by atoms with Gasteiger partial charge >= 0.3 is 0 Å². The number of fused-ring (bicyclic) bond motifs is 1. The maximum atomic E-state index is 12.5. The van der Waals surface area contributed by atoms with Gasteiger partial charge in [0.2, 0.25) is 5.95 Å². The molecule has 0 fully saturated rings. The van der Waals surface area contributed by atoms with Crippen LogP contribution >= 0.6 is 0 Å². The molecule has 1 aliphatic heterocycles. The van der Waals surface area contributed by atoms with Gasteiger partial charge in [-0.3, -0.25) is 4.79 Å². The summed E-state index contributed by atoms with van der Waals surface area (Å²) in [5.41, 5.74) is 0.557. The van der Waals surface area contributed by atoms with E-state index in [4.69, 9.17) is 0 Å². The lowest BCUT2D eigenvalue weighted by molar-refractivity contribution is 0.0754. The Morgan fingerprint density at radius 1 is 1.45 bits per heavy atom. The van der Waals surface area contributed by atoms with Crippen molar-refractivity contribution in [2.45, 2.75) is 26.3 Å². The van der Waals surface area contributed by atoms with E-state index >= 15 is 0 Å². The Hall–Kier alpha value is -1.56. The fraction of sp³-hybridized carbons (Fsp3) is 0.714. The summed E-state index contributed by atoms with van der Waals surface area (Å²) in [5, 5.41) is 3.23. The van der Waals surface area contributed by atoms with Gasteiger partial charge < -0.3 is 19.7 Å². The number of anilines is 1. The molecule has 1 aliphatic rings. The van der Waals surface area contributed by atoms with Gasteiger partial charge in [-0.25, -0.2) is 4.98 Å². The maximum Gasteiger partial charge on any atom is 0.274 e. The third-order valence-electron chi connectivity index (χ3n) is 3.56. The van der Waals surface area contributed by atoms with Crippen molar-refractivity contribution in [2.24, 2.45) is 0 Å². The molecule has 2 rings (SSSR count). The van der Waals surface area contributed by atoms with Crippen LogP contribution in [-0.2, 0) is 6.54 Å². The van der Waals surface area contributed by atoms with Crippen molar-refractivity contribution in [2.75, 3.05) is 45.6 Å². The minimum absolute atomic E-state index is 0.0370. The Bertz CT molecular complexity index is 431. The fourth-order valence-corrected chi connectivity index (χ4v) is 2.42. The van der Waals surface area contributed by atoms with Crippen molar-refractivity contribution >= 4 is 11.9 Å². The summed E-state index contributed by atoms with van der Waals surface area (Å²) in [5.74, 6) is 0.860. The van der Waals surface area contributed by atoms with Gasteiger partial charge in [0.25, 0.3) is 5.91 Å². The van der Waals surface area contributed by atoms with E-state index in [1.165, 1.54) is 0 Å². The lowest BCUT2D eigenvalue weighted by Gasteiger charge is -2.20. The predicted octanol–water partition coefficient (Wildman–Crippen LogP) is 1.11. The first-order chi connectivity index (χ1) is 9.61. The van der Waals surface area contributed by atoms with Crippen molar-refractivity contribution < 1.29 is 4.79 Å². The number of amides is 1. The summed E-state index contributed by atoms with van der Waals surface area (Å²) in [6.45, 7) is 6.39. The Kier molecular flexibility index (Phi) is 5.00. The molecule has 1 aromatic heterocycles. The van der Waals surface area contributed by atoms with Crippen LogP contribution in [0.1, 0.15) is 30.3 Å². The predicted molar refractivity (Wildman–Crippen MR) is 80.1 cm³/mol. The van der Waals surface area contributed by atoms with Crippen molar-refractivity contribution in [3.8, 4) is 0 Å². The third kappa shape index (κ3) is 3.50. The Morgan fingerprint density at radius 3 is 2.90 bits per heavy atom. The van der Waals surface area contributed by atoms with E-state index in [2.05, 4.69) is 15.2 Å². The number of hydrogen-bond acceptors (Lipinski definition) is 4. The van der Waals surface area contributed by atoms with Gasteiger partial charge in [-0.2, -0.15) is 0 Å². The molecule has 1 aromatic rings. The molecule has 0 unspecified atom stereocenters. The number of nitrogens with one attached hydrogen (secondary N) is 1. The highest BCUT2D eigenvalue weighted by Gasteiger charge is 2.20. The second kappa shape index (κ2) is 6.74. The molecular formula is C14H25N5O. The molecule has 0 aromatic carbocycles. The van der Waals surface area contributed by atoms with E-state index in [0.29, 0.717) is 5.69 Å². The molecule has 0 aliphatic carbocycles. The first kappa shape index (κ1) is 14.8. The quantitative estimate of drug-likeness (QED) is 0.847. The zero-order valence-corrected chi connectivity index (χ0v) is 12.7. The van der Waals surface area contributed by atoms with Crippen LogP contribution in [0.2, 0.25) is 0 Å². The summed E-state index contributed by atoms with van der Waals surface area (Å²) in [6.07, 6.45) is 3.94. The van der Waals surface area contributed by atoms with Gasteiger partial charge in [0.1, 0.15) is 5.69 Å². The fourth-order valence-electron chi connectivity index (χ4n) is 2.42. The van der Waals surface area contributed by atoms with E-state index in [9.17, 15) is 4.79 Å². The van der Waals surface area contributed by atoms with Crippen LogP contribution < -0.4 is 5.32 Å². The molecule has 0 radical (unpaired) electrons. The average Bonchev–Trinajstić information content (AvgIpc) is 2.86. The summed E-state index contributed by atoms with van der Waals surface area (Å²) in [4.78, 5) is 20.9. The van der Waals surface area contributed by atoms with E-state index in [1.54, 1.807) is 0 Å². The highest BCUT2D eigenvalue weighted by molar-refractivity contribution is 5.92. The second-order valence-corrected chi connectivity index (χ2v) is 5.47. The van der Waals surface area contributed by atoms with E-state index in [0.717, 1.165) is 51.5 Å². The number of nitrogens with zero attached hydrogens (tertiary/aromatic N) is 4. The summed E-state index contributed by atoms with van der Waals surface area (Å²) < 4.78 is 2.03. The molecule has 112 valence electrons. The monoisotopic (exact) mass is 279 g/mol. The topological polar surface area (TPSA) is 53.4 Å². The lowest BCUT2D eigenvalue weighted by atomic mass is 10.3. The normalized spacial score (nSPS) is 14.0. The van der Waals surface area contributed by atoms with Gasteiger partial charge in [0.05, 0.1) is 0 Å². The molecular weight excluding hydrogens is 254 g/mol. The van der Waals surface area contributed by atoms with Crippen LogP contribution in [-0.4, -0.2) is 65.5 Å². The Morgan fingerprint density at radius 2 is 2.25 bits per heavy atom. The summed E-state index contributed by atoms with van der Waals surface area (Å²) in [7, 11) is 4.10. The number of aryl methyl sites for hydroxylation is 1. The van der Waals surface area contributed by atoms with Crippen LogP contribution in [0, 0.1) is 0 Å². The lowest BCUT2D eigenvalue weighted by Crippen LogP contribution is -2.33. The van der Waals surface area contributed by atoms with E-state index in [-0.39, 0.29) is 5.91 Å². The summed E-state index contributed by atoms with van der Waals surface area (Å²) >= 11 is 0. The molecule has 20 heavy (non-hydrogen) atoms. The van der Waals surface area contributed by atoms with Gasteiger partial charge in [0.15, 0.2) is 0 Å². The third-order valence-corrected chi connectivity index (χ3v) is 3.56. The molecule has 0 spiro atoms. The number of aromatic nitrogens is 2. The molecule has 1 amide bonds. The summed E-state index contributed by atoms with van der Waals surface area (Å²) in [6, 6.07) is 0. The number of hydrogen-bond donors (Lipinski definition) is 1. The molecule has 0 bridgehead atoms.